The molecule has 0 radical (unpaired) electrons. The summed E-state index contributed by atoms with van der Waals surface area (Å²) in [4.78, 5) is 12.4. The van der Waals surface area contributed by atoms with Crippen LogP contribution < -0.4 is 10.0 Å². The monoisotopic (exact) mass is 440 g/mol. The molecule has 2 fully saturated rings. The van der Waals surface area contributed by atoms with E-state index in [1.54, 1.807) is 24.3 Å². The average molecular weight is 441 g/mol. The van der Waals surface area contributed by atoms with Gasteiger partial charge in [0.1, 0.15) is 0 Å². The van der Waals surface area contributed by atoms with Crippen molar-refractivity contribution in [3.05, 3.63) is 29.8 Å². The molecule has 0 bridgehead atoms. The van der Waals surface area contributed by atoms with Crippen LogP contribution in [0.5, 0.6) is 0 Å². The Morgan fingerprint density at radius 2 is 1.83 bits per heavy atom. The lowest BCUT2D eigenvalue weighted by molar-refractivity contribution is -0.128. The maximum Gasteiger partial charge on any atom is 0.240 e. The zero-order valence-electron chi connectivity index (χ0n) is 17.4. The number of aliphatic hydroxyl groups is 1. The van der Waals surface area contributed by atoms with E-state index in [9.17, 15) is 18.3 Å². The summed E-state index contributed by atoms with van der Waals surface area (Å²) in [5, 5.41) is 12.7. The van der Waals surface area contributed by atoms with Crippen LogP contribution in [0.2, 0.25) is 0 Å². The first-order chi connectivity index (χ1) is 14.4. The van der Waals surface area contributed by atoms with Crippen molar-refractivity contribution in [3.8, 4) is 0 Å². The Balaban J connectivity index is 1.47. The van der Waals surface area contributed by atoms with Gasteiger partial charge in [-0.3, -0.25) is 4.79 Å². The fourth-order valence-corrected chi connectivity index (χ4v) is 5.22. The number of sulfonamides is 1. The molecule has 1 amide bonds. The smallest absolute Gasteiger partial charge is 0.240 e. The van der Waals surface area contributed by atoms with Crippen LogP contribution in [-0.4, -0.2) is 64.0 Å². The van der Waals surface area contributed by atoms with Crippen LogP contribution in [-0.2, 0) is 24.3 Å². The summed E-state index contributed by atoms with van der Waals surface area (Å²) in [7, 11) is -3.69. The molecule has 3 N–H and O–H groups in total. The highest BCUT2D eigenvalue weighted by Crippen LogP contribution is 2.24. The van der Waals surface area contributed by atoms with E-state index in [1.807, 2.05) is 6.92 Å². The van der Waals surface area contributed by atoms with Gasteiger partial charge in [0.15, 0.2) is 0 Å². The predicted molar refractivity (Wildman–Crippen MR) is 111 cm³/mol. The SMILES string of the molecule is Cc1ccc(S(=O)(=O)N[C@@H]2CC[C@@H](CCNC(=O)C3CCOCC3)O[C@H]2CO)cc1. The van der Waals surface area contributed by atoms with Crippen molar-refractivity contribution in [2.45, 2.75) is 62.2 Å². The molecule has 2 aliphatic heterocycles. The second kappa shape index (κ2) is 10.7. The number of ether oxygens (including phenoxy) is 2. The Labute approximate surface area is 178 Å². The lowest BCUT2D eigenvalue weighted by Gasteiger charge is -2.36. The van der Waals surface area contributed by atoms with Gasteiger partial charge in [-0.25, -0.2) is 13.1 Å². The van der Waals surface area contributed by atoms with Crippen LogP contribution in [0.3, 0.4) is 0 Å². The van der Waals surface area contributed by atoms with Crippen molar-refractivity contribution < 1.29 is 27.8 Å². The zero-order valence-corrected chi connectivity index (χ0v) is 18.2. The Morgan fingerprint density at radius 3 is 2.50 bits per heavy atom. The first-order valence-corrected chi connectivity index (χ1v) is 12.1. The quantitative estimate of drug-likeness (QED) is 0.558. The summed E-state index contributed by atoms with van der Waals surface area (Å²) < 4.78 is 39.2. The van der Waals surface area contributed by atoms with Gasteiger partial charge >= 0.3 is 0 Å². The van der Waals surface area contributed by atoms with Gasteiger partial charge in [0.05, 0.1) is 29.8 Å². The van der Waals surface area contributed by atoms with Gasteiger partial charge in [-0.1, -0.05) is 17.7 Å². The van der Waals surface area contributed by atoms with E-state index < -0.39 is 22.2 Å². The maximum absolute atomic E-state index is 12.6. The van der Waals surface area contributed by atoms with Crippen LogP contribution >= 0.6 is 0 Å². The molecular weight excluding hydrogens is 408 g/mol. The number of hydrogen-bond donors (Lipinski definition) is 3. The summed E-state index contributed by atoms with van der Waals surface area (Å²) in [5.41, 5.74) is 0.981. The predicted octanol–water partition coefficient (Wildman–Crippen LogP) is 1.11. The van der Waals surface area contributed by atoms with Crippen molar-refractivity contribution in [3.63, 3.8) is 0 Å². The number of carbonyl (C=O) groups excluding carboxylic acids is 1. The second-order valence-electron chi connectivity index (χ2n) is 8.06. The van der Waals surface area contributed by atoms with Gasteiger partial charge in [-0.05, 0) is 51.2 Å². The molecule has 2 aliphatic rings. The average Bonchev–Trinajstić information content (AvgIpc) is 2.75. The summed E-state index contributed by atoms with van der Waals surface area (Å²) >= 11 is 0. The van der Waals surface area contributed by atoms with E-state index in [-0.39, 0.29) is 29.4 Å². The zero-order chi connectivity index (χ0) is 21.6. The van der Waals surface area contributed by atoms with Crippen LogP contribution in [0.1, 0.15) is 37.7 Å². The van der Waals surface area contributed by atoms with E-state index in [2.05, 4.69) is 10.0 Å². The van der Waals surface area contributed by atoms with E-state index in [1.165, 1.54) is 0 Å². The number of nitrogens with one attached hydrogen (secondary N) is 2. The molecule has 2 heterocycles. The van der Waals surface area contributed by atoms with E-state index in [0.717, 1.165) is 18.4 Å². The van der Waals surface area contributed by atoms with Gasteiger partial charge in [0.25, 0.3) is 0 Å². The summed E-state index contributed by atoms with van der Waals surface area (Å²) in [6.07, 6.45) is 2.61. The molecule has 0 aromatic heterocycles. The van der Waals surface area contributed by atoms with Gasteiger partial charge in [-0.15, -0.1) is 0 Å². The number of carbonyl (C=O) groups is 1. The third kappa shape index (κ3) is 6.24. The van der Waals surface area contributed by atoms with Crippen LogP contribution in [0.15, 0.2) is 29.2 Å². The van der Waals surface area contributed by atoms with Crippen molar-refractivity contribution in [1.29, 1.82) is 0 Å². The van der Waals surface area contributed by atoms with Crippen molar-refractivity contribution >= 4 is 15.9 Å². The minimum absolute atomic E-state index is 0.0109. The molecule has 0 saturated carbocycles. The third-order valence-electron chi connectivity index (χ3n) is 5.79. The number of amides is 1. The molecule has 0 aliphatic carbocycles. The molecule has 3 atom stereocenters. The summed E-state index contributed by atoms with van der Waals surface area (Å²) in [6.45, 7) is 3.38. The molecule has 168 valence electrons. The van der Waals surface area contributed by atoms with Gasteiger partial charge < -0.3 is 19.9 Å². The topological polar surface area (TPSA) is 114 Å². The molecule has 2 saturated heterocycles. The molecule has 1 aromatic rings. The molecule has 0 unspecified atom stereocenters. The Morgan fingerprint density at radius 1 is 1.13 bits per heavy atom. The van der Waals surface area contributed by atoms with E-state index >= 15 is 0 Å². The van der Waals surface area contributed by atoms with Crippen molar-refractivity contribution in [2.75, 3.05) is 26.4 Å². The summed E-state index contributed by atoms with van der Waals surface area (Å²) in [6, 6.07) is 6.15. The Kier molecular flexibility index (Phi) is 8.24. The lowest BCUT2D eigenvalue weighted by Crippen LogP contribution is -2.51. The standard InChI is InChI=1S/C21H32N2O6S/c1-15-2-5-18(6-3-15)30(26,27)23-19-7-4-17(29-20(19)14-24)8-11-22-21(25)16-9-12-28-13-10-16/h2-3,5-6,16-17,19-20,23-24H,4,7-14H2,1H3,(H,22,25)/t17-,19+,20-/m0/s1. The molecule has 8 nitrogen and oxygen atoms in total. The molecule has 3 rings (SSSR count). The number of benzene rings is 1. The van der Waals surface area contributed by atoms with E-state index in [4.69, 9.17) is 9.47 Å². The van der Waals surface area contributed by atoms with Gasteiger partial charge in [0, 0.05) is 25.7 Å². The maximum atomic E-state index is 12.6. The fraction of sp³-hybridized carbons (Fsp3) is 0.667. The van der Waals surface area contributed by atoms with Crippen molar-refractivity contribution in [1.82, 2.24) is 10.0 Å². The van der Waals surface area contributed by atoms with Gasteiger partial charge in [0.2, 0.25) is 15.9 Å². The molecule has 30 heavy (non-hydrogen) atoms. The molecular formula is C21H32N2O6S. The minimum atomic E-state index is -3.69. The molecule has 0 spiro atoms. The Hall–Kier alpha value is -1.52. The highest BCUT2D eigenvalue weighted by Gasteiger charge is 2.34. The number of aryl methyl sites for hydroxylation is 1. The van der Waals surface area contributed by atoms with Crippen molar-refractivity contribution in [2.24, 2.45) is 5.92 Å². The van der Waals surface area contributed by atoms with Gasteiger partial charge in [-0.2, -0.15) is 0 Å². The third-order valence-corrected chi connectivity index (χ3v) is 7.30. The number of aliphatic hydroxyl groups excluding tert-OH is 1. The molecule has 1 aromatic carbocycles. The van der Waals surface area contributed by atoms with E-state index in [0.29, 0.717) is 39.0 Å². The largest absolute Gasteiger partial charge is 0.394 e. The first-order valence-electron chi connectivity index (χ1n) is 10.6. The number of hydrogen-bond acceptors (Lipinski definition) is 6. The Bertz CT molecular complexity index is 792. The highest BCUT2D eigenvalue weighted by molar-refractivity contribution is 7.89. The first kappa shape index (κ1) is 23.1. The fourth-order valence-electron chi connectivity index (χ4n) is 3.92. The van der Waals surface area contributed by atoms with Crippen LogP contribution in [0.4, 0.5) is 0 Å². The van der Waals surface area contributed by atoms with Crippen LogP contribution in [0.25, 0.3) is 0 Å². The minimum Gasteiger partial charge on any atom is -0.394 e. The molecule has 9 heteroatoms. The lowest BCUT2D eigenvalue weighted by atomic mass is 9.97. The normalized spacial score (nSPS) is 25.7. The highest BCUT2D eigenvalue weighted by atomic mass is 32.2. The second-order valence-corrected chi connectivity index (χ2v) is 9.78. The van der Waals surface area contributed by atoms with Crippen LogP contribution in [0, 0.1) is 12.8 Å². The number of rotatable bonds is 8. The summed E-state index contributed by atoms with van der Waals surface area (Å²) in [5.74, 6) is 0.0633.